The lowest BCUT2D eigenvalue weighted by molar-refractivity contribution is 0.422. The first-order valence-electron chi connectivity index (χ1n) is 7.45. The van der Waals surface area contributed by atoms with Crippen LogP contribution in [0.4, 0.5) is 5.95 Å². The first-order chi connectivity index (χ1) is 9.77. The molecule has 0 N–H and O–H groups in total. The predicted molar refractivity (Wildman–Crippen MR) is 81.7 cm³/mol. The van der Waals surface area contributed by atoms with Gasteiger partial charge in [0.05, 0.1) is 0 Å². The van der Waals surface area contributed by atoms with E-state index < -0.39 is 0 Å². The highest BCUT2D eigenvalue weighted by Gasteiger charge is 2.22. The fraction of sp³-hybridized carbons (Fsp3) is 0.500. The normalized spacial score (nSPS) is 16.3. The lowest BCUT2D eigenvalue weighted by Gasteiger charge is -2.31. The smallest absolute Gasteiger partial charge is 0.227 e. The Labute approximate surface area is 120 Å². The van der Waals surface area contributed by atoms with Crippen molar-refractivity contribution in [3.05, 3.63) is 30.3 Å². The van der Waals surface area contributed by atoms with Gasteiger partial charge in [0.15, 0.2) is 5.82 Å². The van der Waals surface area contributed by atoms with Crippen molar-refractivity contribution in [1.29, 1.82) is 0 Å². The lowest BCUT2D eigenvalue weighted by Crippen LogP contribution is -2.35. The van der Waals surface area contributed by atoms with Crippen LogP contribution in [-0.4, -0.2) is 27.9 Å². The average molecular weight is 270 g/mol. The zero-order valence-corrected chi connectivity index (χ0v) is 12.3. The number of hydrogen-bond donors (Lipinski definition) is 0. The van der Waals surface area contributed by atoms with E-state index in [1.54, 1.807) is 0 Å². The predicted octanol–water partition coefficient (Wildman–Crippen LogP) is 3.25. The van der Waals surface area contributed by atoms with Crippen LogP contribution in [-0.2, 0) is 7.05 Å². The molecule has 3 rings (SSSR count). The van der Waals surface area contributed by atoms with Crippen LogP contribution in [0.5, 0.6) is 0 Å². The zero-order chi connectivity index (χ0) is 13.9. The van der Waals surface area contributed by atoms with Crippen molar-refractivity contribution in [2.75, 3.05) is 11.9 Å². The molecule has 0 saturated heterocycles. The maximum atomic E-state index is 4.41. The minimum absolute atomic E-state index is 0.607. The molecule has 1 aromatic carbocycles. The Hall–Kier alpha value is -1.84. The molecule has 0 atom stereocenters. The van der Waals surface area contributed by atoms with Crippen molar-refractivity contribution in [3.63, 3.8) is 0 Å². The minimum atomic E-state index is 0.607. The third-order valence-corrected chi connectivity index (χ3v) is 4.32. The van der Waals surface area contributed by atoms with Crippen LogP contribution >= 0.6 is 0 Å². The molecule has 1 heterocycles. The van der Waals surface area contributed by atoms with Crippen LogP contribution in [0.1, 0.15) is 32.1 Å². The highest BCUT2D eigenvalue weighted by Crippen LogP contribution is 2.27. The fourth-order valence-corrected chi connectivity index (χ4v) is 3.10. The summed E-state index contributed by atoms with van der Waals surface area (Å²) in [6.45, 7) is 0. The molecule has 4 nitrogen and oxygen atoms in total. The van der Waals surface area contributed by atoms with E-state index in [-0.39, 0.29) is 0 Å². The van der Waals surface area contributed by atoms with Gasteiger partial charge < -0.3 is 4.90 Å². The molecule has 0 radical (unpaired) electrons. The molecule has 0 amide bonds. The summed E-state index contributed by atoms with van der Waals surface area (Å²) in [4.78, 5) is 2.30. The Bertz CT molecular complexity index is 555. The van der Waals surface area contributed by atoms with E-state index in [2.05, 4.69) is 45.9 Å². The fourth-order valence-electron chi connectivity index (χ4n) is 3.10. The highest BCUT2D eigenvalue weighted by molar-refractivity contribution is 5.57. The molecule has 106 valence electrons. The summed E-state index contributed by atoms with van der Waals surface area (Å²) in [7, 11) is 4.20. The molecule has 1 aromatic heterocycles. The van der Waals surface area contributed by atoms with Gasteiger partial charge >= 0.3 is 0 Å². The molecule has 0 spiro atoms. The first kappa shape index (κ1) is 13.2. The number of rotatable bonds is 3. The minimum Gasteiger partial charge on any atom is -0.341 e. The summed E-state index contributed by atoms with van der Waals surface area (Å²) in [5, 5.41) is 8.78. The summed E-state index contributed by atoms with van der Waals surface area (Å²) in [6, 6.07) is 10.9. The number of aromatic nitrogens is 3. The van der Waals surface area contributed by atoms with Crippen LogP contribution < -0.4 is 4.90 Å². The van der Waals surface area contributed by atoms with Gasteiger partial charge in [0.25, 0.3) is 0 Å². The van der Waals surface area contributed by atoms with E-state index in [9.17, 15) is 0 Å². The molecule has 1 aliphatic rings. The molecular formula is C16H22N4. The largest absolute Gasteiger partial charge is 0.341 e. The monoisotopic (exact) mass is 270 g/mol. The second-order valence-electron chi connectivity index (χ2n) is 5.65. The lowest BCUT2D eigenvalue weighted by atomic mass is 9.95. The molecule has 4 heteroatoms. The molecular weight excluding hydrogens is 248 g/mol. The van der Waals surface area contributed by atoms with Gasteiger partial charge in [-0.2, -0.15) is 0 Å². The standard InChI is InChI=1S/C16H22N4/c1-19(14-11-7-4-8-12-14)16-18-17-15(20(16)2)13-9-5-3-6-10-13/h3,5-6,9-10,14H,4,7-8,11-12H2,1-2H3. The van der Waals surface area contributed by atoms with Crippen LogP contribution in [0.2, 0.25) is 0 Å². The number of hydrogen-bond acceptors (Lipinski definition) is 3. The SMILES string of the molecule is CN(c1nnc(-c2ccccc2)n1C)C1CCCCC1. The van der Waals surface area contributed by atoms with Crippen molar-refractivity contribution in [1.82, 2.24) is 14.8 Å². The van der Waals surface area contributed by atoms with Gasteiger partial charge in [0, 0.05) is 25.7 Å². The first-order valence-corrected chi connectivity index (χ1v) is 7.45. The summed E-state index contributed by atoms with van der Waals surface area (Å²) >= 11 is 0. The Morgan fingerprint density at radius 3 is 2.45 bits per heavy atom. The topological polar surface area (TPSA) is 34.0 Å². The molecule has 0 aliphatic heterocycles. The Kier molecular flexibility index (Phi) is 3.72. The average Bonchev–Trinajstić information content (AvgIpc) is 2.90. The molecule has 1 fully saturated rings. The summed E-state index contributed by atoms with van der Waals surface area (Å²) < 4.78 is 2.10. The third-order valence-electron chi connectivity index (χ3n) is 4.32. The van der Waals surface area contributed by atoms with Crippen LogP contribution in [0.3, 0.4) is 0 Å². The van der Waals surface area contributed by atoms with Gasteiger partial charge in [-0.1, -0.05) is 49.6 Å². The summed E-state index contributed by atoms with van der Waals surface area (Å²) in [5.41, 5.74) is 1.12. The second kappa shape index (κ2) is 5.65. The quantitative estimate of drug-likeness (QED) is 0.858. The van der Waals surface area contributed by atoms with Gasteiger partial charge in [0.1, 0.15) is 0 Å². The molecule has 0 unspecified atom stereocenters. The van der Waals surface area contributed by atoms with Gasteiger partial charge in [-0.05, 0) is 12.8 Å². The molecule has 1 aliphatic carbocycles. The maximum Gasteiger partial charge on any atom is 0.227 e. The van der Waals surface area contributed by atoms with Gasteiger partial charge in [0.2, 0.25) is 5.95 Å². The van der Waals surface area contributed by atoms with E-state index >= 15 is 0 Å². The van der Waals surface area contributed by atoms with Crippen molar-refractivity contribution in [3.8, 4) is 11.4 Å². The van der Waals surface area contributed by atoms with E-state index in [4.69, 9.17) is 0 Å². The maximum absolute atomic E-state index is 4.41. The van der Waals surface area contributed by atoms with Crippen molar-refractivity contribution < 1.29 is 0 Å². The van der Waals surface area contributed by atoms with E-state index in [1.807, 2.05) is 18.2 Å². The number of nitrogens with zero attached hydrogens (tertiary/aromatic N) is 4. The Morgan fingerprint density at radius 1 is 1.05 bits per heavy atom. The van der Waals surface area contributed by atoms with Gasteiger partial charge in [-0.15, -0.1) is 10.2 Å². The van der Waals surface area contributed by atoms with Crippen LogP contribution in [0.15, 0.2) is 30.3 Å². The van der Waals surface area contributed by atoms with E-state index in [0.29, 0.717) is 6.04 Å². The second-order valence-corrected chi connectivity index (χ2v) is 5.65. The van der Waals surface area contributed by atoms with Crippen molar-refractivity contribution in [2.45, 2.75) is 38.1 Å². The molecule has 2 aromatic rings. The van der Waals surface area contributed by atoms with Crippen LogP contribution in [0.25, 0.3) is 11.4 Å². The van der Waals surface area contributed by atoms with E-state index in [0.717, 1.165) is 17.3 Å². The van der Waals surface area contributed by atoms with Crippen molar-refractivity contribution in [2.24, 2.45) is 7.05 Å². The zero-order valence-electron chi connectivity index (χ0n) is 12.3. The summed E-state index contributed by atoms with van der Waals surface area (Å²) in [6.07, 6.45) is 6.57. The van der Waals surface area contributed by atoms with Crippen LogP contribution in [0, 0.1) is 0 Å². The molecule has 0 bridgehead atoms. The van der Waals surface area contributed by atoms with E-state index in [1.165, 1.54) is 32.1 Å². The highest BCUT2D eigenvalue weighted by atomic mass is 15.4. The third kappa shape index (κ3) is 2.42. The Balaban J connectivity index is 1.86. The van der Waals surface area contributed by atoms with Crippen molar-refractivity contribution >= 4 is 5.95 Å². The molecule has 20 heavy (non-hydrogen) atoms. The van der Waals surface area contributed by atoms with Gasteiger partial charge in [-0.3, -0.25) is 4.57 Å². The number of anilines is 1. The summed E-state index contributed by atoms with van der Waals surface area (Å²) in [5.74, 6) is 1.90. The number of benzene rings is 1. The Morgan fingerprint density at radius 2 is 1.75 bits per heavy atom. The van der Waals surface area contributed by atoms with Gasteiger partial charge in [-0.25, -0.2) is 0 Å². The molecule has 1 saturated carbocycles.